The minimum atomic E-state index is -3.02. The second-order valence-electron chi connectivity index (χ2n) is 6.14. The van der Waals surface area contributed by atoms with Gasteiger partial charge < -0.3 is 10.1 Å². The number of amides is 1. The lowest BCUT2D eigenvalue weighted by Gasteiger charge is -2.12. The minimum absolute atomic E-state index is 0.00702. The molecule has 0 spiro atoms. The van der Waals surface area contributed by atoms with Gasteiger partial charge in [0.15, 0.2) is 9.84 Å². The molecule has 25 heavy (non-hydrogen) atoms. The van der Waals surface area contributed by atoms with E-state index in [4.69, 9.17) is 4.74 Å². The van der Waals surface area contributed by atoms with E-state index in [9.17, 15) is 13.2 Å². The topological polar surface area (TPSA) is 85.4 Å². The lowest BCUT2D eigenvalue weighted by molar-refractivity contribution is 0.0940. The van der Waals surface area contributed by atoms with Crippen molar-refractivity contribution in [3.05, 3.63) is 59.4 Å². The van der Waals surface area contributed by atoms with Crippen molar-refractivity contribution < 1.29 is 17.9 Å². The first kappa shape index (κ1) is 17.4. The van der Waals surface area contributed by atoms with Gasteiger partial charge >= 0.3 is 0 Å². The second-order valence-corrected chi connectivity index (χ2v) is 8.37. The molecule has 1 aromatic carbocycles. The fourth-order valence-corrected chi connectivity index (χ4v) is 4.63. The van der Waals surface area contributed by atoms with Gasteiger partial charge in [0.25, 0.3) is 5.91 Å². The van der Waals surface area contributed by atoms with Crippen LogP contribution in [-0.4, -0.2) is 44.0 Å². The molecule has 0 unspecified atom stereocenters. The van der Waals surface area contributed by atoms with Gasteiger partial charge in [0.05, 0.1) is 24.2 Å². The zero-order valence-electron chi connectivity index (χ0n) is 13.9. The molecule has 1 fully saturated rings. The van der Waals surface area contributed by atoms with E-state index in [2.05, 4.69) is 10.3 Å². The number of sulfone groups is 1. The van der Waals surface area contributed by atoms with Crippen LogP contribution < -0.4 is 10.1 Å². The standard InChI is InChI=1S/C18H20N2O4S/c1-24-17-5-3-2-4-14(17)8-13-9-15(11-19-10-13)18(21)20-16-6-7-25(22,23)12-16/h2-5,9-11,16H,6-8,12H2,1H3,(H,20,21)/t16-/m0/s1. The number of nitrogens with zero attached hydrogens (tertiary/aromatic N) is 1. The lowest BCUT2D eigenvalue weighted by atomic mass is 10.0. The smallest absolute Gasteiger partial charge is 0.253 e. The average Bonchev–Trinajstić information content (AvgIpc) is 2.94. The van der Waals surface area contributed by atoms with Gasteiger partial charge in [-0.1, -0.05) is 18.2 Å². The van der Waals surface area contributed by atoms with Crippen LogP contribution in [-0.2, 0) is 16.3 Å². The summed E-state index contributed by atoms with van der Waals surface area (Å²) in [5.74, 6) is 0.627. The van der Waals surface area contributed by atoms with Gasteiger partial charge in [-0.25, -0.2) is 8.42 Å². The van der Waals surface area contributed by atoms with Gasteiger partial charge in [-0.15, -0.1) is 0 Å². The number of rotatable bonds is 5. The number of methoxy groups -OCH3 is 1. The zero-order valence-corrected chi connectivity index (χ0v) is 14.8. The Morgan fingerprint density at radius 2 is 2.12 bits per heavy atom. The summed E-state index contributed by atoms with van der Waals surface area (Å²) in [6.45, 7) is 0. The molecular weight excluding hydrogens is 340 g/mol. The van der Waals surface area contributed by atoms with Gasteiger partial charge in [0.2, 0.25) is 0 Å². The number of benzene rings is 1. The molecule has 7 heteroatoms. The highest BCUT2D eigenvalue weighted by molar-refractivity contribution is 7.91. The van der Waals surface area contributed by atoms with Gasteiger partial charge in [0.1, 0.15) is 5.75 Å². The maximum absolute atomic E-state index is 12.4. The van der Waals surface area contributed by atoms with Gasteiger partial charge in [-0.05, 0) is 29.7 Å². The maximum Gasteiger partial charge on any atom is 0.253 e. The number of carbonyl (C=O) groups excluding carboxylic acids is 1. The van der Waals surface area contributed by atoms with Crippen molar-refractivity contribution in [1.29, 1.82) is 0 Å². The summed E-state index contributed by atoms with van der Waals surface area (Å²) < 4.78 is 28.3. The van der Waals surface area contributed by atoms with Crippen molar-refractivity contribution >= 4 is 15.7 Å². The van der Waals surface area contributed by atoms with Crippen LogP contribution in [0.5, 0.6) is 5.75 Å². The van der Waals surface area contributed by atoms with E-state index in [1.165, 1.54) is 6.20 Å². The predicted octanol–water partition coefficient (Wildman–Crippen LogP) is 1.60. The van der Waals surface area contributed by atoms with Gasteiger partial charge in [-0.2, -0.15) is 0 Å². The summed E-state index contributed by atoms with van der Waals surface area (Å²) in [4.78, 5) is 16.5. The van der Waals surface area contributed by atoms with E-state index in [0.717, 1.165) is 16.9 Å². The number of aromatic nitrogens is 1. The molecule has 1 amide bonds. The number of hydrogen-bond acceptors (Lipinski definition) is 5. The highest BCUT2D eigenvalue weighted by Crippen LogP contribution is 2.21. The van der Waals surface area contributed by atoms with Crippen molar-refractivity contribution in [3.63, 3.8) is 0 Å². The summed E-state index contributed by atoms with van der Waals surface area (Å²) in [5.41, 5.74) is 2.32. The number of pyridine rings is 1. The summed E-state index contributed by atoms with van der Waals surface area (Å²) in [6, 6.07) is 9.14. The van der Waals surface area contributed by atoms with E-state index in [1.807, 2.05) is 24.3 Å². The van der Waals surface area contributed by atoms with E-state index in [-0.39, 0.29) is 23.5 Å². The number of nitrogens with one attached hydrogen (secondary N) is 1. The molecule has 1 aliphatic heterocycles. The first-order valence-corrected chi connectivity index (χ1v) is 9.86. The molecule has 2 heterocycles. The summed E-state index contributed by atoms with van der Waals surface area (Å²) in [7, 11) is -1.40. The normalized spacial score (nSPS) is 18.7. The molecule has 1 atom stereocenters. The Morgan fingerprint density at radius 1 is 1.32 bits per heavy atom. The van der Waals surface area contributed by atoms with Crippen LogP contribution in [0.2, 0.25) is 0 Å². The summed E-state index contributed by atoms with van der Waals surface area (Å²) in [5, 5.41) is 2.78. The second kappa shape index (κ2) is 7.23. The molecule has 1 aromatic heterocycles. The first-order valence-electron chi connectivity index (χ1n) is 8.04. The molecule has 1 saturated heterocycles. The lowest BCUT2D eigenvalue weighted by Crippen LogP contribution is -2.35. The quantitative estimate of drug-likeness (QED) is 0.875. The largest absolute Gasteiger partial charge is 0.496 e. The Kier molecular flexibility index (Phi) is 5.03. The number of hydrogen-bond donors (Lipinski definition) is 1. The predicted molar refractivity (Wildman–Crippen MR) is 94.6 cm³/mol. The van der Waals surface area contributed by atoms with Crippen LogP contribution in [0.25, 0.3) is 0 Å². The molecule has 0 bridgehead atoms. The molecule has 0 radical (unpaired) electrons. The molecule has 1 aliphatic rings. The van der Waals surface area contributed by atoms with Crippen molar-refractivity contribution in [2.45, 2.75) is 18.9 Å². The van der Waals surface area contributed by atoms with Crippen molar-refractivity contribution in [3.8, 4) is 5.75 Å². The summed E-state index contributed by atoms with van der Waals surface area (Å²) in [6.07, 6.45) is 4.26. The van der Waals surface area contributed by atoms with Crippen molar-refractivity contribution in [2.75, 3.05) is 18.6 Å². The van der Waals surface area contributed by atoms with E-state index in [1.54, 1.807) is 19.4 Å². The van der Waals surface area contributed by atoms with E-state index < -0.39 is 9.84 Å². The van der Waals surface area contributed by atoms with E-state index in [0.29, 0.717) is 18.4 Å². The summed E-state index contributed by atoms with van der Waals surface area (Å²) >= 11 is 0. The Morgan fingerprint density at radius 3 is 2.84 bits per heavy atom. The third-order valence-corrected chi connectivity index (χ3v) is 5.98. The van der Waals surface area contributed by atoms with Gasteiger partial charge in [-0.3, -0.25) is 9.78 Å². The Labute approximate surface area is 147 Å². The molecule has 1 N–H and O–H groups in total. The Bertz CT molecular complexity index is 880. The molecule has 0 aliphatic carbocycles. The molecule has 132 valence electrons. The SMILES string of the molecule is COc1ccccc1Cc1cncc(C(=O)N[C@H]2CCS(=O)(=O)C2)c1. The molecule has 3 rings (SSSR count). The monoisotopic (exact) mass is 360 g/mol. The van der Waals surface area contributed by atoms with Crippen LogP contribution in [0.3, 0.4) is 0 Å². The minimum Gasteiger partial charge on any atom is -0.496 e. The van der Waals surface area contributed by atoms with Crippen LogP contribution in [0, 0.1) is 0 Å². The highest BCUT2D eigenvalue weighted by Gasteiger charge is 2.29. The van der Waals surface area contributed by atoms with Crippen molar-refractivity contribution in [2.24, 2.45) is 0 Å². The maximum atomic E-state index is 12.4. The Hall–Kier alpha value is -2.41. The molecule has 6 nitrogen and oxygen atoms in total. The fraction of sp³-hybridized carbons (Fsp3) is 0.333. The number of ether oxygens (including phenoxy) is 1. The van der Waals surface area contributed by atoms with Crippen LogP contribution in [0.15, 0.2) is 42.7 Å². The number of carbonyl (C=O) groups is 1. The molecular formula is C18H20N2O4S. The third-order valence-electron chi connectivity index (χ3n) is 4.21. The zero-order chi connectivity index (χ0) is 17.9. The van der Waals surface area contributed by atoms with Crippen LogP contribution in [0.4, 0.5) is 0 Å². The third kappa shape index (κ3) is 4.36. The van der Waals surface area contributed by atoms with Crippen LogP contribution in [0.1, 0.15) is 27.9 Å². The Balaban J connectivity index is 1.72. The van der Waals surface area contributed by atoms with Gasteiger partial charge in [0, 0.05) is 24.9 Å². The van der Waals surface area contributed by atoms with Crippen LogP contribution >= 0.6 is 0 Å². The average molecular weight is 360 g/mol. The highest BCUT2D eigenvalue weighted by atomic mass is 32.2. The van der Waals surface area contributed by atoms with Crippen molar-refractivity contribution in [1.82, 2.24) is 10.3 Å². The number of para-hydroxylation sites is 1. The molecule has 2 aromatic rings. The molecule has 0 saturated carbocycles. The fourth-order valence-electron chi connectivity index (χ4n) is 2.95. The van der Waals surface area contributed by atoms with E-state index >= 15 is 0 Å². The first-order chi connectivity index (χ1) is 12.0.